The number of benzene rings is 1. The highest BCUT2D eigenvalue weighted by molar-refractivity contribution is 5.93. The van der Waals surface area contributed by atoms with Gasteiger partial charge in [0.15, 0.2) is 0 Å². The highest BCUT2D eigenvalue weighted by atomic mass is 16.5. The van der Waals surface area contributed by atoms with Crippen LogP contribution in [-0.4, -0.2) is 43.5 Å². The van der Waals surface area contributed by atoms with Gasteiger partial charge in [-0.3, -0.25) is 14.5 Å². The van der Waals surface area contributed by atoms with Crippen molar-refractivity contribution >= 4 is 17.6 Å². The van der Waals surface area contributed by atoms with Crippen molar-refractivity contribution in [2.75, 3.05) is 32.1 Å². The predicted octanol–water partition coefficient (Wildman–Crippen LogP) is 2.38. The van der Waals surface area contributed by atoms with E-state index in [1.165, 1.54) is 7.11 Å². The summed E-state index contributed by atoms with van der Waals surface area (Å²) in [6.45, 7) is 5.97. The molecule has 1 aromatic carbocycles. The lowest BCUT2D eigenvalue weighted by molar-refractivity contribution is -0.147. The fourth-order valence-corrected chi connectivity index (χ4v) is 3.08. The molecule has 0 radical (unpaired) electrons. The molecule has 1 amide bonds. The largest absolute Gasteiger partial charge is 0.469 e. The summed E-state index contributed by atoms with van der Waals surface area (Å²) < 4.78 is 4.79. The van der Waals surface area contributed by atoms with E-state index in [-0.39, 0.29) is 17.8 Å². The second-order valence-corrected chi connectivity index (χ2v) is 6.08. The lowest BCUT2D eigenvalue weighted by atomic mass is 9.97. The van der Waals surface area contributed by atoms with E-state index in [0.717, 1.165) is 49.2 Å². The van der Waals surface area contributed by atoms with Gasteiger partial charge in [0, 0.05) is 5.69 Å². The van der Waals surface area contributed by atoms with Gasteiger partial charge in [0.2, 0.25) is 5.91 Å². The maximum absolute atomic E-state index is 12.3. The van der Waals surface area contributed by atoms with Gasteiger partial charge < -0.3 is 10.1 Å². The molecule has 23 heavy (non-hydrogen) atoms. The van der Waals surface area contributed by atoms with Crippen molar-refractivity contribution in [1.29, 1.82) is 0 Å². The van der Waals surface area contributed by atoms with Gasteiger partial charge >= 0.3 is 5.97 Å². The van der Waals surface area contributed by atoms with Gasteiger partial charge in [-0.1, -0.05) is 25.1 Å². The van der Waals surface area contributed by atoms with Gasteiger partial charge in [-0.05, 0) is 50.4 Å². The molecule has 0 spiro atoms. The number of rotatable bonds is 5. The molecule has 1 heterocycles. The molecule has 1 saturated heterocycles. The Kier molecular flexibility index (Phi) is 6.16. The average molecular weight is 318 g/mol. The third kappa shape index (κ3) is 4.55. The fourth-order valence-electron chi connectivity index (χ4n) is 3.08. The van der Waals surface area contributed by atoms with Crippen LogP contribution < -0.4 is 5.32 Å². The van der Waals surface area contributed by atoms with E-state index >= 15 is 0 Å². The molecule has 126 valence electrons. The van der Waals surface area contributed by atoms with Gasteiger partial charge in [0.05, 0.1) is 19.6 Å². The van der Waals surface area contributed by atoms with E-state index in [1.807, 2.05) is 25.1 Å². The van der Waals surface area contributed by atoms with Crippen molar-refractivity contribution in [3.8, 4) is 0 Å². The summed E-state index contributed by atoms with van der Waals surface area (Å²) >= 11 is 0. The van der Waals surface area contributed by atoms with Crippen molar-refractivity contribution in [1.82, 2.24) is 4.90 Å². The third-order valence-electron chi connectivity index (χ3n) is 4.49. The van der Waals surface area contributed by atoms with E-state index in [1.54, 1.807) is 0 Å². The van der Waals surface area contributed by atoms with Crippen LogP contribution in [0.2, 0.25) is 0 Å². The molecule has 0 unspecified atom stereocenters. The molecule has 1 aromatic rings. The number of methoxy groups -OCH3 is 1. The molecule has 0 saturated carbocycles. The molecule has 5 heteroatoms. The van der Waals surface area contributed by atoms with Gasteiger partial charge in [-0.25, -0.2) is 0 Å². The van der Waals surface area contributed by atoms with Crippen molar-refractivity contribution in [3.63, 3.8) is 0 Å². The summed E-state index contributed by atoms with van der Waals surface area (Å²) in [7, 11) is 1.43. The number of nitrogens with zero attached hydrogens (tertiary/aromatic N) is 1. The highest BCUT2D eigenvalue weighted by Crippen LogP contribution is 2.22. The van der Waals surface area contributed by atoms with E-state index in [0.29, 0.717) is 6.54 Å². The topological polar surface area (TPSA) is 58.6 Å². The summed E-state index contributed by atoms with van der Waals surface area (Å²) in [5.41, 5.74) is 3.18. The number of hydrogen-bond acceptors (Lipinski definition) is 4. The van der Waals surface area contributed by atoms with Gasteiger partial charge in [-0.15, -0.1) is 0 Å². The Bertz CT molecular complexity index is 563. The van der Waals surface area contributed by atoms with Gasteiger partial charge in [0.1, 0.15) is 0 Å². The first-order valence-electron chi connectivity index (χ1n) is 8.23. The van der Waals surface area contributed by atoms with Crippen LogP contribution in [0, 0.1) is 12.8 Å². The lowest BCUT2D eigenvalue weighted by Crippen LogP contribution is -2.41. The zero-order chi connectivity index (χ0) is 16.8. The monoisotopic (exact) mass is 318 g/mol. The maximum atomic E-state index is 12.3. The summed E-state index contributed by atoms with van der Waals surface area (Å²) in [5.74, 6) is -0.158. The van der Waals surface area contributed by atoms with Crippen molar-refractivity contribution < 1.29 is 14.3 Å². The normalized spacial score (nSPS) is 16.1. The van der Waals surface area contributed by atoms with E-state index in [9.17, 15) is 9.59 Å². The van der Waals surface area contributed by atoms with Gasteiger partial charge in [-0.2, -0.15) is 0 Å². The van der Waals surface area contributed by atoms with Gasteiger partial charge in [0.25, 0.3) is 0 Å². The van der Waals surface area contributed by atoms with Crippen LogP contribution in [0.3, 0.4) is 0 Å². The molecule has 0 aromatic heterocycles. The molecule has 1 fully saturated rings. The number of para-hydroxylation sites is 1. The molecule has 5 nitrogen and oxygen atoms in total. The Balaban J connectivity index is 1.88. The van der Waals surface area contributed by atoms with Crippen LogP contribution in [0.15, 0.2) is 18.2 Å². The standard InChI is InChI=1S/C18H26N2O3/c1-4-14-7-5-6-13(2)17(14)19-16(21)12-20-10-8-15(9-11-20)18(22)23-3/h5-7,15H,4,8-12H2,1-3H3,(H,19,21). The number of hydrogen-bond donors (Lipinski definition) is 1. The second-order valence-electron chi connectivity index (χ2n) is 6.08. The predicted molar refractivity (Wildman–Crippen MR) is 90.4 cm³/mol. The third-order valence-corrected chi connectivity index (χ3v) is 4.49. The molecular weight excluding hydrogens is 292 g/mol. The minimum atomic E-state index is -0.137. The average Bonchev–Trinajstić information content (AvgIpc) is 2.56. The van der Waals surface area contributed by atoms with Crippen LogP contribution in [0.5, 0.6) is 0 Å². The van der Waals surface area contributed by atoms with E-state index in [4.69, 9.17) is 4.74 Å². The number of nitrogens with one attached hydrogen (secondary N) is 1. The Morgan fingerprint density at radius 1 is 1.30 bits per heavy atom. The van der Waals surface area contributed by atoms with Crippen LogP contribution in [0.1, 0.15) is 30.9 Å². The van der Waals surface area contributed by atoms with Crippen molar-refractivity contribution in [2.45, 2.75) is 33.1 Å². The number of aryl methyl sites for hydroxylation is 2. The molecule has 1 aliphatic rings. The number of amides is 1. The Morgan fingerprint density at radius 3 is 2.61 bits per heavy atom. The minimum Gasteiger partial charge on any atom is -0.469 e. The Morgan fingerprint density at radius 2 is 2.00 bits per heavy atom. The van der Waals surface area contributed by atoms with Crippen LogP contribution in [0.25, 0.3) is 0 Å². The summed E-state index contributed by atoms with van der Waals surface area (Å²) in [6, 6.07) is 6.07. The zero-order valence-electron chi connectivity index (χ0n) is 14.2. The fraction of sp³-hybridized carbons (Fsp3) is 0.556. The number of carbonyl (C=O) groups excluding carboxylic acids is 2. The quantitative estimate of drug-likeness (QED) is 0.847. The van der Waals surface area contributed by atoms with E-state index < -0.39 is 0 Å². The summed E-state index contributed by atoms with van der Waals surface area (Å²) in [5, 5.41) is 3.05. The molecule has 1 aliphatic heterocycles. The number of anilines is 1. The number of esters is 1. The Hall–Kier alpha value is -1.88. The summed E-state index contributed by atoms with van der Waals surface area (Å²) in [6.07, 6.45) is 2.40. The number of ether oxygens (including phenoxy) is 1. The molecular formula is C18H26N2O3. The van der Waals surface area contributed by atoms with E-state index in [2.05, 4.69) is 17.1 Å². The highest BCUT2D eigenvalue weighted by Gasteiger charge is 2.26. The molecule has 2 rings (SSSR count). The first-order chi connectivity index (χ1) is 11.0. The lowest BCUT2D eigenvalue weighted by Gasteiger charge is -2.30. The van der Waals surface area contributed by atoms with Crippen LogP contribution in [0.4, 0.5) is 5.69 Å². The molecule has 0 atom stereocenters. The smallest absolute Gasteiger partial charge is 0.308 e. The number of carbonyl (C=O) groups is 2. The molecule has 0 bridgehead atoms. The first kappa shape index (κ1) is 17.5. The number of piperidine rings is 1. The molecule has 0 aliphatic carbocycles. The van der Waals surface area contributed by atoms with Crippen molar-refractivity contribution in [3.05, 3.63) is 29.3 Å². The Labute approximate surface area is 138 Å². The van der Waals surface area contributed by atoms with Crippen LogP contribution in [-0.2, 0) is 20.7 Å². The summed E-state index contributed by atoms with van der Waals surface area (Å²) in [4.78, 5) is 25.9. The SMILES string of the molecule is CCc1cccc(C)c1NC(=O)CN1CCC(C(=O)OC)CC1. The van der Waals surface area contributed by atoms with Crippen LogP contribution >= 0.6 is 0 Å². The first-order valence-corrected chi connectivity index (χ1v) is 8.23. The minimum absolute atomic E-state index is 0.00511. The number of likely N-dealkylation sites (tertiary alicyclic amines) is 1. The molecule has 1 N–H and O–H groups in total. The second kappa shape index (κ2) is 8.11. The maximum Gasteiger partial charge on any atom is 0.308 e. The zero-order valence-corrected chi connectivity index (χ0v) is 14.2. The van der Waals surface area contributed by atoms with Crippen molar-refractivity contribution in [2.24, 2.45) is 5.92 Å².